The van der Waals surface area contributed by atoms with Crippen LogP contribution in [-0.4, -0.2) is 19.3 Å². The van der Waals surface area contributed by atoms with E-state index in [9.17, 15) is 0 Å². The number of ether oxygens (including phenoxy) is 1. The highest BCUT2D eigenvalue weighted by Gasteiger charge is 2.28. The highest BCUT2D eigenvalue weighted by atomic mass is 32.1. The number of hydrogen-bond donors (Lipinski definition) is 1. The van der Waals surface area contributed by atoms with Gasteiger partial charge in [0.2, 0.25) is 0 Å². The smallest absolute Gasteiger partial charge is 0.0724 e. The molecule has 1 fully saturated rings. The normalized spacial score (nSPS) is 28.3. The van der Waals surface area contributed by atoms with E-state index in [1.165, 1.54) is 49.8 Å². The van der Waals surface area contributed by atoms with Crippen LogP contribution in [0.3, 0.4) is 0 Å². The van der Waals surface area contributed by atoms with Gasteiger partial charge in [-0.25, -0.2) is 0 Å². The summed E-state index contributed by atoms with van der Waals surface area (Å²) in [5.41, 5.74) is 1.62. The Hall–Kier alpha value is -0.380. The Labute approximate surface area is 120 Å². The Morgan fingerprint density at radius 2 is 2.11 bits per heavy atom. The summed E-state index contributed by atoms with van der Waals surface area (Å²) in [7, 11) is 1.85. The molecular formula is C16H25NOS. The summed E-state index contributed by atoms with van der Waals surface area (Å²) in [5.74, 6) is 0. The third-order valence-electron chi connectivity index (χ3n) is 4.66. The number of rotatable bonds is 4. The van der Waals surface area contributed by atoms with Gasteiger partial charge in [0.15, 0.2) is 0 Å². The van der Waals surface area contributed by atoms with Crippen molar-refractivity contribution in [3.63, 3.8) is 0 Å². The van der Waals surface area contributed by atoms with E-state index in [0.29, 0.717) is 18.2 Å². The van der Waals surface area contributed by atoms with E-state index >= 15 is 0 Å². The number of thiophene rings is 1. The van der Waals surface area contributed by atoms with Crippen LogP contribution < -0.4 is 5.32 Å². The van der Waals surface area contributed by atoms with E-state index in [4.69, 9.17) is 4.74 Å². The van der Waals surface area contributed by atoms with Gasteiger partial charge in [0.25, 0.3) is 0 Å². The first-order valence-corrected chi connectivity index (χ1v) is 8.50. The summed E-state index contributed by atoms with van der Waals surface area (Å²) in [4.78, 5) is 3.17. The molecule has 3 rings (SSSR count). The molecule has 106 valence electrons. The van der Waals surface area contributed by atoms with Crippen LogP contribution in [-0.2, 0) is 17.6 Å². The predicted octanol–water partition coefficient (Wildman–Crippen LogP) is 3.85. The SMILES string of the molecule is COC1CCCC1NC(C)c1cc2c(s1)CCCC2. The van der Waals surface area contributed by atoms with Crippen molar-refractivity contribution >= 4 is 11.3 Å². The summed E-state index contributed by atoms with van der Waals surface area (Å²) in [6, 6.07) is 3.46. The molecule has 0 saturated heterocycles. The Balaban J connectivity index is 1.66. The molecular weight excluding hydrogens is 254 g/mol. The van der Waals surface area contributed by atoms with Crippen LogP contribution in [0.4, 0.5) is 0 Å². The van der Waals surface area contributed by atoms with E-state index in [-0.39, 0.29) is 0 Å². The topological polar surface area (TPSA) is 21.3 Å². The summed E-state index contributed by atoms with van der Waals surface area (Å²) in [5, 5.41) is 3.79. The average Bonchev–Trinajstić information content (AvgIpc) is 3.03. The largest absolute Gasteiger partial charge is 0.380 e. The average molecular weight is 279 g/mol. The zero-order chi connectivity index (χ0) is 13.2. The molecule has 0 amide bonds. The van der Waals surface area contributed by atoms with E-state index in [2.05, 4.69) is 18.3 Å². The molecule has 0 aliphatic heterocycles. The number of methoxy groups -OCH3 is 1. The van der Waals surface area contributed by atoms with Crippen LogP contribution in [0.5, 0.6) is 0 Å². The second kappa shape index (κ2) is 5.94. The van der Waals surface area contributed by atoms with Gasteiger partial charge >= 0.3 is 0 Å². The number of hydrogen-bond acceptors (Lipinski definition) is 3. The Morgan fingerprint density at radius 1 is 1.26 bits per heavy atom. The first-order chi connectivity index (χ1) is 9.28. The standard InChI is InChI=1S/C16H25NOS/c1-11(17-13-7-5-8-14(13)18-2)16-10-12-6-3-4-9-15(12)19-16/h10-11,13-14,17H,3-9H2,1-2H3. The highest BCUT2D eigenvalue weighted by Crippen LogP contribution is 2.34. The second-order valence-electron chi connectivity index (χ2n) is 6.00. The molecule has 1 heterocycles. The fraction of sp³-hybridized carbons (Fsp3) is 0.750. The molecule has 1 aromatic rings. The van der Waals surface area contributed by atoms with Gasteiger partial charge in [-0.3, -0.25) is 0 Å². The van der Waals surface area contributed by atoms with Crippen molar-refractivity contribution in [2.24, 2.45) is 0 Å². The van der Waals surface area contributed by atoms with Crippen LogP contribution in [0.25, 0.3) is 0 Å². The summed E-state index contributed by atoms with van der Waals surface area (Å²) >= 11 is 2.03. The quantitative estimate of drug-likeness (QED) is 0.904. The van der Waals surface area contributed by atoms with E-state index in [1.54, 1.807) is 10.4 Å². The van der Waals surface area contributed by atoms with Gasteiger partial charge in [-0.15, -0.1) is 11.3 Å². The van der Waals surface area contributed by atoms with Gasteiger partial charge < -0.3 is 10.1 Å². The maximum absolute atomic E-state index is 5.58. The van der Waals surface area contributed by atoms with Crippen molar-refractivity contribution in [2.45, 2.75) is 70.1 Å². The van der Waals surface area contributed by atoms with Crippen LogP contribution in [0.15, 0.2) is 6.07 Å². The Morgan fingerprint density at radius 3 is 2.89 bits per heavy atom. The van der Waals surface area contributed by atoms with Crippen LogP contribution in [0, 0.1) is 0 Å². The zero-order valence-electron chi connectivity index (χ0n) is 12.1. The van der Waals surface area contributed by atoms with Crippen molar-refractivity contribution in [2.75, 3.05) is 7.11 Å². The molecule has 0 spiro atoms. The van der Waals surface area contributed by atoms with Crippen LogP contribution in [0.1, 0.15) is 60.4 Å². The molecule has 19 heavy (non-hydrogen) atoms. The van der Waals surface area contributed by atoms with Crippen molar-refractivity contribution < 1.29 is 4.74 Å². The Kier molecular flexibility index (Phi) is 4.25. The molecule has 1 saturated carbocycles. The highest BCUT2D eigenvalue weighted by molar-refractivity contribution is 7.12. The molecule has 3 unspecified atom stereocenters. The molecule has 1 aromatic heterocycles. The molecule has 0 radical (unpaired) electrons. The number of aryl methyl sites for hydroxylation is 2. The summed E-state index contributed by atoms with van der Waals surface area (Å²) in [6.07, 6.45) is 9.53. The summed E-state index contributed by atoms with van der Waals surface area (Å²) < 4.78 is 5.58. The van der Waals surface area contributed by atoms with Gasteiger partial charge in [0, 0.05) is 28.9 Å². The molecule has 3 heteroatoms. The van der Waals surface area contributed by atoms with Gasteiger partial charge in [0.1, 0.15) is 0 Å². The first-order valence-electron chi connectivity index (χ1n) is 7.68. The molecule has 2 aliphatic carbocycles. The lowest BCUT2D eigenvalue weighted by atomic mass is 9.99. The van der Waals surface area contributed by atoms with Gasteiger partial charge in [-0.2, -0.15) is 0 Å². The minimum atomic E-state index is 0.414. The molecule has 1 N–H and O–H groups in total. The third-order valence-corrected chi connectivity index (χ3v) is 6.08. The van der Waals surface area contributed by atoms with Crippen molar-refractivity contribution in [1.82, 2.24) is 5.32 Å². The zero-order valence-corrected chi connectivity index (χ0v) is 12.9. The van der Waals surface area contributed by atoms with Crippen molar-refractivity contribution in [3.8, 4) is 0 Å². The molecule has 2 nitrogen and oxygen atoms in total. The molecule has 0 aromatic carbocycles. The van der Waals surface area contributed by atoms with Crippen LogP contribution >= 0.6 is 11.3 Å². The fourth-order valence-electron chi connectivity index (χ4n) is 3.53. The van der Waals surface area contributed by atoms with E-state index < -0.39 is 0 Å². The van der Waals surface area contributed by atoms with Crippen molar-refractivity contribution in [1.29, 1.82) is 0 Å². The summed E-state index contributed by atoms with van der Waals surface area (Å²) in [6.45, 7) is 2.31. The van der Waals surface area contributed by atoms with Gasteiger partial charge in [0.05, 0.1) is 6.10 Å². The second-order valence-corrected chi connectivity index (χ2v) is 7.17. The maximum Gasteiger partial charge on any atom is 0.0724 e. The van der Waals surface area contributed by atoms with Gasteiger partial charge in [-0.05, 0) is 63.5 Å². The number of fused-ring (bicyclic) bond motifs is 1. The molecule has 3 atom stereocenters. The lowest BCUT2D eigenvalue weighted by molar-refractivity contribution is 0.0821. The predicted molar refractivity (Wildman–Crippen MR) is 80.9 cm³/mol. The minimum absolute atomic E-state index is 0.414. The van der Waals surface area contributed by atoms with Crippen molar-refractivity contribution in [3.05, 3.63) is 21.4 Å². The lowest BCUT2D eigenvalue weighted by Crippen LogP contribution is -2.38. The van der Waals surface area contributed by atoms with E-state index in [1.807, 2.05) is 18.4 Å². The van der Waals surface area contributed by atoms with E-state index in [0.717, 1.165) is 0 Å². The van der Waals surface area contributed by atoms with Crippen LogP contribution in [0.2, 0.25) is 0 Å². The monoisotopic (exact) mass is 279 g/mol. The lowest BCUT2D eigenvalue weighted by Gasteiger charge is -2.23. The Bertz CT molecular complexity index is 405. The van der Waals surface area contributed by atoms with Gasteiger partial charge in [-0.1, -0.05) is 0 Å². The first kappa shape index (κ1) is 13.6. The fourth-order valence-corrected chi connectivity index (χ4v) is 4.80. The number of nitrogens with one attached hydrogen (secondary N) is 1. The maximum atomic E-state index is 5.58. The third kappa shape index (κ3) is 2.88. The minimum Gasteiger partial charge on any atom is -0.380 e. The molecule has 2 aliphatic rings. The molecule has 0 bridgehead atoms.